The van der Waals surface area contributed by atoms with Crippen molar-refractivity contribution in [1.29, 1.82) is 0 Å². The first-order chi connectivity index (χ1) is 13.8. The molecule has 1 amide bonds. The van der Waals surface area contributed by atoms with E-state index < -0.39 is 0 Å². The standard InChI is InChI=1S/C22H16N2O4/c25-22(23-17-7-5-14-3-1-2-4-15(14)11-17)18-13-20(28-24-18)16-6-8-19-21(12-16)27-10-9-26-19/h1-8,11-13H,9-10H2,(H,23,25). The third-order valence-corrected chi connectivity index (χ3v) is 4.58. The van der Waals surface area contributed by atoms with E-state index in [0.29, 0.717) is 36.2 Å². The van der Waals surface area contributed by atoms with Gasteiger partial charge in [0.05, 0.1) is 0 Å². The molecule has 28 heavy (non-hydrogen) atoms. The number of hydrogen-bond acceptors (Lipinski definition) is 5. The molecule has 1 aliphatic heterocycles. The van der Waals surface area contributed by atoms with Gasteiger partial charge in [-0.15, -0.1) is 0 Å². The summed E-state index contributed by atoms with van der Waals surface area (Å²) in [4.78, 5) is 12.5. The molecule has 0 aliphatic carbocycles. The Labute approximate surface area is 160 Å². The van der Waals surface area contributed by atoms with Gasteiger partial charge in [-0.05, 0) is 41.1 Å². The van der Waals surface area contributed by atoms with Crippen molar-refractivity contribution < 1.29 is 18.8 Å². The van der Waals surface area contributed by atoms with Gasteiger partial charge in [-0.25, -0.2) is 0 Å². The number of amides is 1. The van der Waals surface area contributed by atoms with Gasteiger partial charge >= 0.3 is 0 Å². The molecule has 138 valence electrons. The molecule has 0 spiro atoms. The minimum Gasteiger partial charge on any atom is -0.486 e. The molecule has 5 rings (SSSR count). The largest absolute Gasteiger partial charge is 0.486 e. The summed E-state index contributed by atoms with van der Waals surface area (Å²) in [5.41, 5.74) is 1.67. The predicted octanol–water partition coefficient (Wildman–Crippen LogP) is 4.52. The van der Waals surface area contributed by atoms with Gasteiger partial charge < -0.3 is 19.3 Å². The molecule has 0 radical (unpaired) electrons. The van der Waals surface area contributed by atoms with E-state index in [1.165, 1.54) is 0 Å². The Morgan fingerprint density at radius 2 is 1.68 bits per heavy atom. The monoisotopic (exact) mass is 372 g/mol. The van der Waals surface area contributed by atoms with Crippen LogP contribution in [0.3, 0.4) is 0 Å². The van der Waals surface area contributed by atoms with Crippen LogP contribution in [0.25, 0.3) is 22.1 Å². The van der Waals surface area contributed by atoms with Crippen LogP contribution in [-0.2, 0) is 0 Å². The summed E-state index contributed by atoms with van der Waals surface area (Å²) in [7, 11) is 0. The van der Waals surface area contributed by atoms with Crippen LogP contribution in [0.4, 0.5) is 5.69 Å². The smallest absolute Gasteiger partial charge is 0.277 e. The maximum atomic E-state index is 12.5. The van der Waals surface area contributed by atoms with Crippen LogP contribution in [0, 0.1) is 0 Å². The van der Waals surface area contributed by atoms with Crippen molar-refractivity contribution in [2.75, 3.05) is 18.5 Å². The van der Waals surface area contributed by atoms with Crippen LogP contribution in [0.5, 0.6) is 11.5 Å². The Morgan fingerprint density at radius 3 is 2.57 bits per heavy atom. The summed E-state index contributed by atoms with van der Waals surface area (Å²) in [6, 6.07) is 20.8. The average molecular weight is 372 g/mol. The fraction of sp³-hybridized carbons (Fsp3) is 0.0909. The summed E-state index contributed by atoms with van der Waals surface area (Å²) in [5, 5.41) is 8.93. The fourth-order valence-corrected chi connectivity index (χ4v) is 3.18. The Balaban J connectivity index is 1.37. The first kappa shape index (κ1) is 16.4. The van der Waals surface area contributed by atoms with Gasteiger partial charge in [0.2, 0.25) is 0 Å². The Hall–Kier alpha value is -3.80. The number of carbonyl (C=O) groups is 1. The topological polar surface area (TPSA) is 73.6 Å². The Morgan fingerprint density at radius 1 is 0.857 bits per heavy atom. The molecule has 0 saturated carbocycles. The highest BCUT2D eigenvalue weighted by atomic mass is 16.6. The fourth-order valence-electron chi connectivity index (χ4n) is 3.18. The SMILES string of the molecule is O=C(Nc1ccc2ccccc2c1)c1cc(-c2ccc3c(c2)OCCO3)on1. The van der Waals surface area contributed by atoms with E-state index in [4.69, 9.17) is 14.0 Å². The minimum absolute atomic E-state index is 0.207. The van der Waals surface area contributed by atoms with Gasteiger partial charge in [0.15, 0.2) is 23.0 Å². The molecule has 1 aliphatic rings. The summed E-state index contributed by atoms with van der Waals surface area (Å²) in [6.07, 6.45) is 0. The number of benzene rings is 3. The molecule has 0 atom stereocenters. The highest BCUT2D eigenvalue weighted by molar-refractivity contribution is 6.04. The van der Waals surface area contributed by atoms with Crippen molar-refractivity contribution in [1.82, 2.24) is 5.16 Å². The molecule has 0 fully saturated rings. The van der Waals surface area contributed by atoms with Crippen molar-refractivity contribution in [3.05, 3.63) is 72.4 Å². The Bertz CT molecular complexity index is 1180. The third-order valence-electron chi connectivity index (χ3n) is 4.58. The van der Waals surface area contributed by atoms with E-state index in [1.807, 2.05) is 60.7 Å². The van der Waals surface area contributed by atoms with Gasteiger partial charge in [-0.1, -0.05) is 35.5 Å². The normalized spacial score (nSPS) is 12.7. The highest BCUT2D eigenvalue weighted by Crippen LogP contribution is 2.34. The van der Waals surface area contributed by atoms with Crippen LogP contribution in [0.15, 0.2) is 71.3 Å². The van der Waals surface area contributed by atoms with Gasteiger partial charge in [-0.2, -0.15) is 0 Å². The number of aromatic nitrogens is 1. The van der Waals surface area contributed by atoms with Crippen LogP contribution in [-0.4, -0.2) is 24.3 Å². The molecule has 0 saturated heterocycles. The quantitative estimate of drug-likeness (QED) is 0.572. The van der Waals surface area contributed by atoms with Crippen molar-refractivity contribution in [3.63, 3.8) is 0 Å². The van der Waals surface area contributed by atoms with Crippen molar-refractivity contribution in [2.45, 2.75) is 0 Å². The van der Waals surface area contributed by atoms with Gasteiger partial charge in [-0.3, -0.25) is 4.79 Å². The number of rotatable bonds is 3. The predicted molar refractivity (Wildman–Crippen MR) is 105 cm³/mol. The lowest BCUT2D eigenvalue weighted by Gasteiger charge is -2.18. The lowest BCUT2D eigenvalue weighted by atomic mass is 10.1. The van der Waals surface area contributed by atoms with Crippen LogP contribution >= 0.6 is 0 Å². The molecular weight excluding hydrogens is 356 g/mol. The summed E-state index contributed by atoms with van der Waals surface area (Å²) < 4.78 is 16.5. The van der Waals surface area contributed by atoms with Crippen molar-refractivity contribution >= 4 is 22.4 Å². The number of nitrogens with zero attached hydrogens (tertiary/aromatic N) is 1. The van der Waals surface area contributed by atoms with Crippen LogP contribution in [0.1, 0.15) is 10.5 Å². The number of anilines is 1. The summed E-state index contributed by atoms with van der Waals surface area (Å²) >= 11 is 0. The second-order valence-corrected chi connectivity index (χ2v) is 6.45. The van der Waals surface area contributed by atoms with E-state index >= 15 is 0 Å². The van der Waals surface area contributed by atoms with E-state index in [1.54, 1.807) is 6.07 Å². The molecule has 0 unspecified atom stereocenters. The minimum atomic E-state index is -0.331. The molecule has 0 bridgehead atoms. The van der Waals surface area contributed by atoms with Crippen molar-refractivity contribution in [3.8, 4) is 22.8 Å². The molecule has 6 nitrogen and oxygen atoms in total. The lowest BCUT2D eigenvalue weighted by molar-refractivity contribution is 0.101. The van der Waals surface area contributed by atoms with E-state index in [9.17, 15) is 4.79 Å². The zero-order chi connectivity index (χ0) is 18.9. The van der Waals surface area contributed by atoms with Crippen LogP contribution in [0.2, 0.25) is 0 Å². The maximum Gasteiger partial charge on any atom is 0.277 e. The van der Waals surface area contributed by atoms with E-state index in [2.05, 4.69) is 10.5 Å². The zero-order valence-corrected chi connectivity index (χ0v) is 14.8. The Kier molecular flexibility index (Phi) is 3.94. The zero-order valence-electron chi connectivity index (χ0n) is 14.8. The molecule has 3 aromatic carbocycles. The van der Waals surface area contributed by atoms with Gasteiger partial charge in [0, 0.05) is 17.3 Å². The summed E-state index contributed by atoms with van der Waals surface area (Å²) in [5.74, 6) is 1.51. The number of ether oxygens (including phenoxy) is 2. The first-order valence-corrected chi connectivity index (χ1v) is 8.93. The van der Waals surface area contributed by atoms with Gasteiger partial charge in [0.1, 0.15) is 13.2 Å². The van der Waals surface area contributed by atoms with Gasteiger partial charge in [0.25, 0.3) is 5.91 Å². The van der Waals surface area contributed by atoms with E-state index in [-0.39, 0.29) is 11.6 Å². The number of carbonyl (C=O) groups excluding carboxylic acids is 1. The first-order valence-electron chi connectivity index (χ1n) is 8.93. The molecule has 6 heteroatoms. The second-order valence-electron chi connectivity index (χ2n) is 6.45. The third kappa shape index (κ3) is 3.05. The number of nitrogens with one attached hydrogen (secondary N) is 1. The number of fused-ring (bicyclic) bond motifs is 2. The molecule has 4 aromatic rings. The molecule has 2 heterocycles. The van der Waals surface area contributed by atoms with Crippen molar-refractivity contribution in [2.24, 2.45) is 0 Å². The highest BCUT2D eigenvalue weighted by Gasteiger charge is 2.17. The average Bonchev–Trinajstić information content (AvgIpc) is 3.24. The van der Waals surface area contributed by atoms with E-state index in [0.717, 1.165) is 16.3 Å². The summed E-state index contributed by atoms with van der Waals surface area (Å²) in [6.45, 7) is 1.04. The second kappa shape index (κ2) is 6.74. The molecule has 1 N–H and O–H groups in total. The lowest BCUT2D eigenvalue weighted by Crippen LogP contribution is -2.15. The number of hydrogen-bond donors (Lipinski definition) is 1. The molecule has 1 aromatic heterocycles. The molecular formula is C22H16N2O4. The van der Waals surface area contributed by atoms with Crippen LogP contribution < -0.4 is 14.8 Å². The maximum absolute atomic E-state index is 12.5.